The Morgan fingerprint density at radius 1 is 1.22 bits per heavy atom. The molecule has 1 aromatic heterocycles. The van der Waals surface area contributed by atoms with E-state index in [-0.39, 0.29) is 11.7 Å². The van der Waals surface area contributed by atoms with E-state index in [1.165, 1.54) is 29.5 Å². The lowest BCUT2D eigenvalue weighted by atomic mass is 10.0. The van der Waals surface area contributed by atoms with Gasteiger partial charge in [-0.15, -0.1) is 0 Å². The molecule has 0 saturated heterocycles. The number of nitrogens with one attached hydrogen (secondary N) is 1. The van der Waals surface area contributed by atoms with E-state index in [1.807, 2.05) is 17.0 Å². The highest BCUT2D eigenvalue weighted by Gasteiger charge is 2.25. The number of aromatic nitrogens is 1. The van der Waals surface area contributed by atoms with Crippen LogP contribution in [-0.4, -0.2) is 22.3 Å². The lowest BCUT2D eigenvalue weighted by molar-refractivity contribution is 0.0734. The topological polar surface area (TPSA) is 36.1 Å². The number of hydrogen-bond acceptors (Lipinski definition) is 1. The Labute approximate surface area is 141 Å². The number of para-hydroxylation sites is 1. The summed E-state index contributed by atoms with van der Waals surface area (Å²) in [4.78, 5) is 18.0. The van der Waals surface area contributed by atoms with E-state index in [0.29, 0.717) is 23.1 Å². The molecule has 0 fully saturated rings. The van der Waals surface area contributed by atoms with Crippen molar-refractivity contribution in [2.24, 2.45) is 0 Å². The molecule has 1 N–H and O–H groups in total. The zero-order valence-electron chi connectivity index (χ0n) is 12.3. The Bertz CT molecular complexity index is 919. The number of aromatic amines is 1. The minimum Gasteiger partial charge on any atom is -0.358 e. The molecule has 0 spiro atoms. The number of carbonyl (C=O) groups excluding carboxylic acids is 1. The van der Waals surface area contributed by atoms with Crippen LogP contribution >= 0.6 is 15.9 Å². The Kier molecular flexibility index (Phi) is 3.45. The molecule has 1 amide bonds. The van der Waals surface area contributed by atoms with Crippen LogP contribution < -0.4 is 0 Å². The van der Waals surface area contributed by atoms with E-state index in [2.05, 4.69) is 33.0 Å². The zero-order chi connectivity index (χ0) is 16.0. The monoisotopic (exact) mass is 372 g/mol. The van der Waals surface area contributed by atoms with Gasteiger partial charge in [0, 0.05) is 46.1 Å². The van der Waals surface area contributed by atoms with Gasteiger partial charge in [0.15, 0.2) is 0 Å². The van der Waals surface area contributed by atoms with Crippen molar-refractivity contribution in [3.8, 4) is 0 Å². The first-order valence-electron chi connectivity index (χ1n) is 7.46. The number of nitrogens with zero attached hydrogens (tertiary/aromatic N) is 1. The largest absolute Gasteiger partial charge is 0.358 e. The predicted octanol–water partition coefficient (Wildman–Crippen LogP) is 4.27. The predicted molar refractivity (Wildman–Crippen MR) is 90.8 cm³/mol. The summed E-state index contributed by atoms with van der Waals surface area (Å²) in [6, 6.07) is 12.3. The second kappa shape index (κ2) is 5.49. The fourth-order valence-corrected chi connectivity index (χ4v) is 3.69. The summed E-state index contributed by atoms with van der Waals surface area (Å²) in [6.07, 6.45) is 0.800. The fourth-order valence-electron chi connectivity index (χ4n) is 3.17. The Morgan fingerprint density at radius 3 is 2.87 bits per heavy atom. The van der Waals surface area contributed by atoms with Gasteiger partial charge in [0.2, 0.25) is 0 Å². The van der Waals surface area contributed by atoms with Crippen LogP contribution in [0.3, 0.4) is 0 Å². The van der Waals surface area contributed by atoms with Crippen molar-refractivity contribution in [1.82, 2.24) is 9.88 Å². The lowest BCUT2D eigenvalue weighted by Crippen LogP contribution is -2.36. The van der Waals surface area contributed by atoms with E-state index < -0.39 is 0 Å². The average Bonchev–Trinajstić information content (AvgIpc) is 2.92. The van der Waals surface area contributed by atoms with Crippen molar-refractivity contribution in [2.45, 2.75) is 13.0 Å². The number of rotatable bonds is 1. The van der Waals surface area contributed by atoms with Gasteiger partial charge in [-0.25, -0.2) is 4.39 Å². The number of carbonyl (C=O) groups is 1. The van der Waals surface area contributed by atoms with Crippen LogP contribution in [0.4, 0.5) is 4.39 Å². The van der Waals surface area contributed by atoms with Gasteiger partial charge in [-0.3, -0.25) is 4.79 Å². The highest BCUT2D eigenvalue weighted by atomic mass is 79.9. The summed E-state index contributed by atoms with van der Waals surface area (Å²) in [5, 5.41) is 1.16. The van der Waals surface area contributed by atoms with Gasteiger partial charge in [-0.1, -0.05) is 18.2 Å². The second-order valence-electron chi connectivity index (χ2n) is 5.73. The third kappa shape index (κ3) is 2.45. The first kappa shape index (κ1) is 14.5. The molecule has 116 valence electrons. The molecule has 0 aliphatic carbocycles. The zero-order valence-corrected chi connectivity index (χ0v) is 13.9. The minimum atomic E-state index is -0.356. The van der Waals surface area contributed by atoms with Gasteiger partial charge in [0.25, 0.3) is 5.91 Å². The summed E-state index contributed by atoms with van der Waals surface area (Å²) in [7, 11) is 0. The van der Waals surface area contributed by atoms with Crippen LogP contribution in [0, 0.1) is 5.82 Å². The Balaban J connectivity index is 1.68. The van der Waals surface area contributed by atoms with Gasteiger partial charge in [0.1, 0.15) is 5.82 Å². The van der Waals surface area contributed by atoms with Gasteiger partial charge >= 0.3 is 0 Å². The van der Waals surface area contributed by atoms with Crippen molar-refractivity contribution >= 4 is 32.7 Å². The van der Waals surface area contributed by atoms with Crippen LogP contribution in [0.5, 0.6) is 0 Å². The van der Waals surface area contributed by atoms with Crippen LogP contribution in [-0.2, 0) is 13.0 Å². The molecule has 23 heavy (non-hydrogen) atoms. The molecule has 5 heteroatoms. The fraction of sp³-hybridized carbons (Fsp3) is 0.167. The second-order valence-corrected chi connectivity index (χ2v) is 6.58. The smallest absolute Gasteiger partial charge is 0.255 e. The summed E-state index contributed by atoms with van der Waals surface area (Å²) in [5.74, 6) is -0.432. The molecular weight excluding hydrogens is 359 g/mol. The van der Waals surface area contributed by atoms with Crippen molar-refractivity contribution in [2.75, 3.05) is 6.54 Å². The molecule has 3 aromatic rings. The molecule has 4 rings (SSSR count). The van der Waals surface area contributed by atoms with E-state index in [4.69, 9.17) is 0 Å². The van der Waals surface area contributed by atoms with Gasteiger partial charge < -0.3 is 9.88 Å². The first-order chi connectivity index (χ1) is 11.1. The van der Waals surface area contributed by atoms with E-state index >= 15 is 0 Å². The minimum absolute atomic E-state index is 0.0761. The van der Waals surface area contributed by atoms with Crippen molar-refractivity contribution in [3.63, 3.8) is 0 Å². The molecule has 2 aromatic carbocycles. The quantitative estimate of drug-likeness (QED) is 0.680. The molecule has 0 unspecified atom stereocenters. The third-order valence-electron chi connectivity index (χ3n) is 4.33. The molecule has 2 heterocycles. The van der Waals surface area contributed by atoms with Crippen LogP contribution in [0.15, 0.2) is 46.9 Å². The van der Waals surface area contributed by atoms with Crippen molar-refractivity contribution in [3.05, 3.63) is 69.6 Å². The van der Waals surface area contributed by atoms with Crippen LogP contribution in [0.25, 0.3) is 10.9 Å². The van der Waals surface area contributed by atoms with Crippen molar-refractivity contribution < 1.29 is 9.18 Å². The molecular formula is C18H14BrFN2O. The summed E-state index contributed by atoms with van der Waals surface area (Å²) < 4.78 is 13.7. The van der Waals surface area contributed by atoms with E-state index in [1.54, 1.807) is 0 Å². The molecule has 1 aliphatic rings. The summed E-state index contributed by atoms with van der Waals surface area (Å²) >= 11 is 3.28. The number of hydrogen-bond donors (Lipinski definition) is 1. The van der Waals surface area contributed by atoms with Gasteiger partial charge in [-0.05, 0) is 40.2 Å². The van der Waals surface area contributed by atoms with Crippen LogP contribution in [0.2, 0.25) is 0 Å². The van der Waals surface area contributed by atoms with Gasteiger partial charge in [0.05, 0.1) is 5.56 Å². The van der Waals surface area contributed by atoms with Gasteiger partial charge in [-0.2, -0.15) is 0 Å². The molecule has 0 bridgehead atoms. The normalized spacial score (nSPS) is 14.1. The molecule has 0 radical (unpaired) electrons. The van der Waals surface area contributed by atoms with Crippen molar-refractivity contribution in [1.29, 1.82) is 0 Å². The number of benzene rings is 2. The summed E-state index contributed by atoms with van der Waals surface area (Å²) in [5.41, 5.74) is 3.98. The molecule has 3 nitrogen and oxygen atoms in total. The molecule has 0 saturated carbocycles. The molecule has 1 aliphatic heterocycles. The van der Waals surface area contributed by atoms with E-state index in [9.17, 15) is 9.18 Å². The maximum Gasteiger partial charge on any atom is 0.255 e. The Hall–Kier alpha value is -2.14. The standard InChI is InChI=1S/C18H14BrFN2O/c19-15-9-11(20)5-6-13(15)18(23)22-8-7-17-14(10-22)12-3-1-2-4-16(12)21-17/h1-6,9,21H,7-8,10H2. The SMILES string of the molecule is O=C(c1ccc(F)cc1Br)N1CCc2[nH]c3ccccc3c2C1. The number of fused-ring (bicyclic) bond motifs is 3. The summed E-state index contributed by atoms with van der Waals surface area (Å²) in [6.45, 7) is 1.23. The number of H-pyrrole nitrogens is 1. The highest BCUT2D eigenvalue weighted by molar-refractivity contribution is 9.10. The van der Waals surface area contributed by atoms with Crippen LogP contribution in [0.1, 0.15) is 21.6 Å². The first-order valence-corrected chi connectivity index (χ1v) is 8.25. The maximum absolute atomic E-state index is 13.2. The maximum atomic E-state index is 13.2. The average molecular weight is 373 g/mol. The third-order valence-corrected chi connectivity index (χ3v) is 4.99. The Morgan fingerprint density at radius 2 is 2.04 bits per heavy atom. The van der Waals surface area contributed by atoms with E-state index in [0.717, 1.165) is 17.3 Å². The lowest BCUT2D eigenvalue weighted by Gasteiger charge is -2.27. The molecule has 0 atom stereocenters. The highest BCUT2D eigenvalue weighted by Crippen LogP contribution is 2.29. The number of amides is 1. The number of halogens is 2.